The van der Waals surface area contributed by atoms with Gasteiger partial charge in [-0.25, -0.2) is 4.98 Å². The van der Waals surface area contributed by atoms with Gasteiger partial charge in [-0.05, 0) is 12.1 Å². The van der Waals surface area contributed by atoms with Gasteiger partial charge in [0.15, 0.2) is 0 Å². The van der Waals surface area contributed by atoms with E-state index >= 15 is 0 Å². The number of primary amides is 1. The molecular formula is C9H8N2O2S. The van der Waals surface area contributed by atoms with Crippen molar-refractivity contribution in [3.05, 3.63) is 23.2 Å². The standard InChI is InChI=1S/C9H8N2O2S/c10-7(13)4-8-11-9-5(12)2-1-3-6(9)14-8/h1-3,12H,4H2,(H2,10,13). The maximum Gasteiger partial charge on any atom is 0.224 e. The van der Waals surface area contributed by atoms with Crippen molar-refractivity contribution in [2.24, 2.45) is 5.73 Å². The van der Waals surface area contributed by atoms with Crippen LogP contribution in [0.1, 0.15) is 5.01 Å². The first-order valence-corrected chi connectivity index (χ1v) is 4.84. The molecule has 3 N–H and O–H groups in total. The monoisotopic (exact) mass is 208 g/mol. The lowest BCUT2D eigenvalue weighted by Crippen LogP contribution is -2.13. The average molecular weight is 208 g/mol. The van der Waals surface area contributed by atoms with Gasteiger partial charge < -0.3 is 10.8 Å². The molecule has 0 fully saturated rings. The van der Waals surface area contributed by atoms with Gasteiger partial charge in [0.2, 0.25) is 5.91 Å². The van der Waals surface area contributed by atoms with E-state index in [2.05, 4.69) is 4.98 Å². The van der Waals surface area contributed by atoms with Crippen molar-refractivity contribution in [1.82, 2.24) is 4.98 Å². The maximum absolute atomic E-state index is 10.7. The summed E-state index contributed by atoms with van der Waals surface area (Å²) in [6.07, 6.45) is 0.124. The number of thiazole rings is 1. The van der Waals surface area contributed by atoms with Gasteiger partial charge in [0.25, 0.3) is 0 Å². The van der Waals surface area contributed by atoms with Crippen molar-refractivity contribution in [3.63, 3.8) is 0 Å². The van der Waals surface area contributed by atoms with Crippen LogP contribution in [0.25, 0.3) is 10.2 Å². The Morgan fingerprint density at radius 3 is 3.00 bits per heavy atom. The number of phenolic OH excluding ortho intramolecular Hbond substituents is 1. The highest BCUT2D eigenvalue weighted by Gasteiger charge is 2.08. The minimum absolute atomic E-state index is 0.124. The van der Waals surface area contributed by atoms with E-state index in [0.717, 1.165) is 4.70 Å². The number of para-hydroxylation sites is 1. The number of hydrogen-bond acceptors (Lipinski definition) is 4. The van der Waals surface area contributed by atoms with Crippen LogP contribution in [0.5, 0.6) is 5.75 Å². The molecule has 0 radical (unpaired) electrons. The van der Waals surface area contributed by atoms with Crippen molar-refractivity contribution in [3.8, 4) is 5.75 Å². The van der Waals surface area contributed by atoms with Crippen LogP contribution < -0.4 is 5.73 Å². The number of nitrogens with zero attached hydrogens (tertiary/aromatic N) is 1. The summed E-state index contributed by atoms with van der Waals surface area (Å²) in [5.74, 6) is -0.280. The molecule has 0 aliphatic rings. The molecule has 1 aromatic heterocycles. The number of carbonyl (C=O) groups excluding carboxylic acids is 1. The number of aromatic hydroxyl groups is 1. The van der Waals surface area contributed by atoms with E-state index < -0.39 is 5.91 Å². The molecule has 0 atom stereocenters. The Kier molecular flexibility index (Phi) is 2.09. The van der Waals surface area contributed by atoms with Crippen molar-refractivity contribution in [2.75, 3.05) is 0 Å². The molecule has 0 bridgehead atoms. The molecule has 0 aliphatic carbocycles. The van der Waals surface area contributed by atoms with Crippen molar-refractivity contribution >= 4 is 27.5 Å². The highest BCUT2D eigenvalue weighted by molar-refractivity contribution is 7.18. The fourth-order valence-corrected chi connectivity index (χ4v) is 2.20. The Hall–Kier alpha value is -1.62. The van der Waals surface area contributed by atoms with Gasteiger partial charge in [-0.2, -0.15) is 0 Å². The van der Waals surface area contributed by atoms with E-state index in [9.17, 15) is 9.90 Å². The summed E-state index contributed by atoms with van der Waals surface area (Å²) in [6, 6.07) is 5.15. The highest BCUT2D eigenvalue weighted by atomic mass is 32.1. The SMILES string of the molecule is NC(=O)Cc1nc2c(O)cccc2s1. The Labute approximate surface area is 84.0 Å². The third-order valence-corrected chi connectivity index (χ3v) is 2.79. The van der Waals surface area contributed by atoms with Gasteiger partial charge in [-0.1, -0.05) is 6.07 Å². The number of nitrogens with two attached hydrogens (primary N) is 1. The highest BCUT2D eigenvalue weighted by Crippen LogP contribution is 2.28. The van der Waals surface area contributed by atoms with Gasteiger partial charge in [0.05, 0.1) is 11.1 Å². The number of benzene rings is 1. The molecule has 0 unspecified atom stereocenters. The summed E-state index contributed by atoms with van der Waals surface area (Å²) in [5, 5.41) is 10.1. The van der Waals surface area contributed by atoms with Crippen LogP contribution in [-0.4, -0.2) is 16.0 Å². The van der Waals surface area contributed by atoms with E-state index in [1.54, 1.807) is 12.1 Å². The van der Waals surface area contributed by atoms with Crippen molar-refractivity contribution < 1.29 is 9.90 Å². The number of amides is 1. The van der Waals surface area contributed by atoms with Crippen LogP contribution in [0.3, 0.4) is 0 Å². The Bertz CT molecular complexity index is 493. The second-order valence-corrected chi connectivity index (χ2v) is 3.99. The molecular weight excluding hydrogens is 200 g/mol. The summed E-state index contributed by atoms with van der Waals surface area (Å²) in [5.41, 5.74) is 5.59. The van der Waals surface area contributed by atoms with Gasteiger partial charge in [-0.15, -0.1) is 11.3 Å². The third kappa shape index (κ3) is 1.54. The van der Waals surface area contributed by atoms with Crippen LogP contribution in [-0.2, 0) is 11.2 Å². The third-order valence-electron chi connectivity index (χ3n) is 1.77. The van der Waals surface area contributed by atoms with E-state index in [1.807, 2.05) is 6.07 Å². The molecule has 1 heterocycles. The summed E-state index contributed by atoms with van der Waals surface area (Å²) >= 11 is 1.37. The van der Waals surface area contributed by atoms with E-state index in [-0.39, 0.29) is 12.2 Å². The first-order chi connectivity index (χ1) is 6.66. The zero-order valence-electron chi connectivity index (χ0n) is 7.23. The van der Waals surface area contributed by atoms with Gasteiger partial charge >= 0.3 is 0 Å². The topological polar surface area (TPSA) is 76.2 Å². The molecule has 2 rings (SSSR count). The fraction of sp³-hybridized carbons (Fsp3) is 0.111. The minimum Gasteiger partial charge on any atom is -0.506 e. The lowest BCUT2D eigenvalue weighted by atomic mass is 10.3. The van der Waals surface area contributed by atoms with Crippen LogP contribution in [0.4, 0.5) is 0 Å². The number of hydrogen-bond donors (Lipinski definition) is 2. The van der Waals surface area contributed by atoms with Crippen molar-refractivity contribution in [1.29, 1.82) is 0 Å². The lowest BCUT2D eigenvalue weighted by Gasteiger charge is -1.89. The molecule has 0 saturated heterocycles. The number of carbonyl (C=O) groups is 1. The number of phenols is 1. The molecule has 1 amide bonds. The van der Waals surface area contributed by atoms with E-state index in [1.165, 1.54) is 11.3 Å². The summed E-state index contributed by atoms with van der Waals surface area (Å²) < 4.78 is 0.862. The second-order valence-electron chi connectivity index (χ2n) is 2.87. The molecule has 0 saturated carbocycles. The number of rotatable bonds is 2. The largest absolute Gasteiger partial charge is 0.506 e. The predicted octanol–water partition coefficient (Wildman–Crippen LogP) is 1.03. The molecule has 1 aromatic carbocycles. The summed E-state index contributed by atoms with van der Waals surface area (Å²) in [4.78, 5) is 14.8. The Morgan fingerprint density at radius 1 is 1.57 bits per heavy atom. The second kappa shape index (κ2) is 3.26. The number of fused-ring (bicyclic) bond motifs is 1. The average Bonchev–Trinajstić information content (AvgIpc) is 2.47. The van der Waals surface area contributed by atoms with E-state index in [4.69, 9.17) is 5.73 Å². The molecule has 72 valence electrons. The molecule has 4 nitrogen and oxygen atoms in total. The van der Waals surface area contributed by atoms with Gasteiger partial charge in [0.1, 0.15) is 16.3 Å². The molecule has 0 aliphatic heterocycles. The van der Waals surface area contributed by atoms with Gasteiger partial charge in [0, 0.05) is 0 Å². The lowest BCUT2D eigenvalue weighted by molar-refractivity contribution is -0.117. The summed E-state index contributed by atoms with van der Waals surface area (Å²) in [7, 11) is 0. The van der Waals surface area contributed by atoms with Crippen molar-refractivity contribution in [2.45, 2.75) is 6.42 Å². The first kappa shape index (κ1) is 8.96. The van der Waals surface area contributed by atoms with Crippen LogP contribution in [0, 0.1) is 0 Å². The molecule has 14 heavy (non-hydrogen) atoms. The molecule has 0 spiro atoms. The Morgan fingerprint density at radius 2 is 2.36 bits per heavy atom. The first-order valence-electron chi connectivity index (χ1n) is 4.02. The van der Waals surface area contributed by atoms with Crippen LogP contribution in [0.2, 0.25) is 0 Å². The van der Waals surface area contributed by atoms with Crippen LogP contribution >= 0.6 is 11.3 Å². The maximum atomic E-state index is 10.7. The fourth-order valence-electron chi connectivity index (χ4n) is 1.20. The zero-order valence-corrected chi connectivity index (χ0v) is 8.04. The summed E-state index contributed by atoms with van der Waals surface area (Å²) in [6.45, 7) is 0. The normalized spacial score (nSPS) is 10.6. The predicted molar refractivity (Wildman–Crippen MR) is 54.2 cm³/mol. The Balaban J connectivity index is 2.51. The van der Waals surface area contributed by atoms with Crippen LogP contribution in [0.15, 0.2) is 18.2 Å². The number of aromatic nitrogens is 1. The zero-order chi connectivity index (χ0) is 10.1. The molecule has 2 aromatic rings. The quantitative estimate of drug-likeness (QED) is 0.773. The minimum atomic E-state index is -0.413. The smallest absolute Gasteiger partial charge is 0.224 e. The molecule has 5 heteroatoms. The van der Waals surface area contributed by atoms with Gasteiger partial charge in [-0.3, -0.25) is 4.79 Å². The van der Waals surface area contributed by atoms with E-state index in [0.29, 0.717) is 10.5 Å².